The Bertz CT molecular complexity index is 1630. The van der Waals surface area contributed by atoms with Gasteiger partial charge in [0.05, 0.1) is 28.2 Å². The Kier molecular flexibility index (Phi) is 4.62. The van der Waals surface area contributed by atoms with E-state index in [9.17, 15) is 9.59 Å². The molecule has 168 valence electrons. The van der Waals surface area contributed by atoms with Crippen molar-refractivity contribution in [1.29, 1.82) is 0 Å². The Labute approximate surface area is 194 Å². The van der Waals surface area contributed by atoms with E-state index in [0.717, 1.165) is 33.5 Å². The fourth-order valence-corrected chi connectivity index (χ4v) is 4.76. The lowest BCUT2D eigenvalue weighted by molar-refractivity contribution is 0.306. The summed E-state index contributed by atoms with van der Waals surface area (Å²) < 4.78 is 7.58. The van der Waals surface area contributed by atoms with Gasteiger partial charge in [-0.05, 0) is 29.3 Å². The van der Waals surface area contributed by atoms with Gasteiger partial charge in [0.1, 0.15) is 18.2 Å². The molecule has 5 aromatic rings. The zero-order valence-electron chi connectivity index (χ0n) is 18.5. The number of hydrogen-bond donors (Lipinski definition) is 3. The van der Waals surface area contributed by atoms with Crippen LogP contribution in [-0.2, 0) is 13.7 Å². The molecule has 0 radical (unpaired) electrons. The molecule has 0 saturated carbocycles. The number of nitrogens with one attached hydrogen (secondary N) is 3. The van der Waals surface area contributed by atoms with Crippen molar-refractivity contribution < 1.29 is 4.74 Å². The molecule has 0 unspecified atom stereocenters. The number of nitrogens with zero attached hydrogens (tertiary/aromatic N) is 1. The molecule has 2 aromatic heterocycles. The number of fused-ring (bicyclic) bond motifs is 4. The van der Waals surface area contributed by atoms with Gasteiger partial charge in [0.15, 0.2) is 0 Å². The second-order valence-electron chi connectivity index (χ2n) is 8.44. The van der Waals surface area contributed by atoms with Crippen LogP contribution in [-0.4, -0.2) is 14.8 Å². The van der Waals surface area contributed by atoms with Crippen LogP contribution in [0.4, 0.5) is 11.5 Å². The molecule has 7 nitrogen and oxygen atoms in total. The summed E-state index contributed by atoms with van der Waals surface area (Å²) in [6.07, 6.45) is 0. The number of aromatic nitrogens is 3. The smallest absolute Gasteiger partial charge is 0.270 e. The molecule has 0 spiro atoms. The van der Waals surface area contributed by atoms with E-state index in [1.54, 1.807) is 11.6 Å². The molecular formula is C27H22N4O3. The highest BCUT2D eigenvalue weighted by atomic mass is 16.5. The summed E-state index contributed by atoms with van der Waals surface area (Å²) in [5.41, 5.74) is 4.12. The van der Waals surface area contributed by atoms with E-state index in [1.165, 1.54) is 0 Å². The average Bonchev–Trinajstić information content (AvgIpc) is 3.26. The predicted molar refractivity (Wildman–Crippen MR) is 132 cm³/mol. The summed E-state index contributed by atoms with van der Waals surface area (Å²) in [6, 6.07) is 25.3. The topological polar surface area (TPSA) is 91.9 Å². The number of hydrogen-bond acceptors (Lipinski definition) is 4. The van der Waals surface area contributed by atoms with Gasteiger partial charge in [0.2, 0.25) is 0 Å². The lowest BCUT2D eigenvalue weighted by atomic mass is 9.82. The van der Waals surface area contributed by atoms with Crippen LogP contribution in [0, 0.1) is 0 Å². The summed E-state index contributed by atoms with van der Waals surface area (Å²) in [5, 5.41) is 9.82. The Morgan fingerprint density at radius 1 is 0.853 bits per heavy atom. The number of H-pyrrole nitrogens is 2. The van der Waals surface area contributed by atoms with Gasteiger partial charge >= 0.3 is 0 Å². The van der Waals surface area contributed by atoms with E-state index >= 15 is 0 Å². The Balaban J connectivity index is 1.46. The zero-order valence-corrected chi connectivity index (χ0v) is 18.5. The molecule has 0 bridgehead atoms. The second kappa shape index (κ2) is 7.81. The minimum atomic E-state index is -0.521. The predicted octanol–water partition coefficient (Wildman–Crippen LogP) is 4.37. The molecule has 34 heavy (non-hydrogen) atoms. The molecule has 1 atom stereocenters. The van der Waals surface area contributed by atoms with Gasteiger partial charge in [-0.1, -0.05) is 60.7 Å². The second-order valence-corrected chi connectivity index (χ2v) is 8.44. The van der Waals surface area contributed by atoms with Gasteiger partial charge in [-0.15, -0.1) is 0 Å². The number of ether oxygens (including phenoxy) is 1. The maximum Gasteiger partial charge on any atom is 0.270 e. The summed E-state index contributed by atoms with van der Waals surface area (Å²) in [6.45, 7) is 0.463. The first-order valence-electron chi connectivity index (χ1n) is 11.1. The van der Waals surface area contributed by atoms with Crippen LogP contribution in [0.3, 0.4) is 0 Å². The molecular weight excluding hydrogens is 428 g/mol. The molecule has 6 rings (SSSR count). The lowest BCUT2D eigenvalue weighted by Gasteiger charge is -2.27. The largest absolute Gasteiger partial charge is 0.489 e. The van der Waals surface area contributed by atoms with Crippen LogP contribution in [0.5, 0.6) is 5.75 Å². The first-order chi connectivity index (χ1) is 16.6. The molecule has 0 fully saturated rings. The SMILES string of the molecule is Cn1c(=O)c2c(c3ccccc31)Nc1[nH][nH]c(=O)c1[C@@H]2c1ccc(OCc2ccccc2)cc1. The van der Waals surface area contributed by atoms with Gasteiger partial charge < -0.3 is 14.6 Å². The summed E-state index contributed by atoms with van der Waals surface area (Å²) >= 11 is 0. The van der Waals surface area contributed by atoms with Crippen molar-refractivity contribution in [2.24, 2.45) is 7.05 Å². The van der Waals surface area contributed by atoms with Crippen molar-refractivity contribution in [3.63, 3.8) is 0 Å². The van der Waals surface area contributed by atoms with Crippen LogP contribution in [0.2, 0.25) is 0 Å². The Morgan fingerprint density at radius 2 is 1.59 bits per heavy atom. The molecule has 0 amide bonds. The maximum atomic E-state index is 13.6. The number of aromatic amines is 2. The molecule has 1 aliphatic heterocycles. The molecule has 0 aliphatic carbocycles. The molecule has 3 aromatic carbocycles. The average molecular weight is 450 g/mol. The van der Waals surface area contributed by atoms with E-state index in [0.29, 0.717) is 23.6 Å². The highest BCUT2D eigenvalue weighted by molar-refractivity contribution is 5.97. The van der Waals surface area contributed by atoms with E-state index in [1.807, 2.05) is 78.9 Å². The number of benzene rings is 3. The van der Waals surface area contributed by atoms with Crippen molar-refractivity contribution >= 4 is 22.4 Å². The van der Waals surface area contributed by atoms with Crippen molar-refractivity contribution in [1.82, 2.24) is 14.8 Å². The molecule has 1 aliphatic rings. The number of aryl methyl sites for hydroxylation is 1. The van der Waals surface area contributed by atoms with Gasteiger partial charge in [-0.2, -0.15) is 0 Å². The van der Waals surface area contributed by atoms with Gasteiger partial charge in [-0.3, -0.25) is 19.8 Å². The molecule has 0 saturated heterocycles. The zero-order chi connectivity index (χ0) is 23.2. The van der Waals surface area contributed by atoms with Crippen LogP contribution in [0.25, 0.3) is 10.9 Å². The number of para-hydroxylation sites is 1. The summed E-state index contributed by atoms with van der Waals surface area (Å²) in [7, 11) is 1.76. The quantitative estimate of drug-likeness (QED) is 0.372. The standard InChI is InChI=1S/C27H22N4O3/c1-31-20-10-6-5-9-19(20)24-22(27(31)33)21(23-25(28-24)29-30-26(23)32)17-11-13-18(14-12-17)34-15-16-7-3-2-4-8-16/h2-14,21H,15H2,1H3,(H3,28,29,30,32)/t21-/m1/s1. The van der Waals surface area contributed by atoms with Crippen molar-refractivity contribution in [3.05, 3.63) is 122 Å². The highest BCUT2D eigenvalue weighted by Crippen LogP contribution is 2.43. The highest BCUT2D eigenvalue weighted by Gasteiger charge is 2.35. The number of anilines is 2. The maximum absolute atomic E-state index is 13.6. The van der Waals surface area contributed by atoms with Crippen molar-refractivity contribution in [3.8, 4) is 5.75 Å². The van der Waals surface area contributed by atoms with Crippen LogP contribution < -0.4 is 21.2 Å². The number of rotatable bonds is 4. The Morgan fingerprint density at radius 3 is 2.38 bits per heavy atom. The fraction of sp³-hybridized carbons (Fsp3) is 0.111. The van der Waals surface area contributed by atoms with E-state index in [4.69, 9.17) is 4.74 Å². The van der Waals surface area contributed by atoms with Crippen molar-refractivity contribution in [2.75, 3.05) is 5.32 Å². The minimum Gasteiger partial charge on any atom is -0.489 e. The van der Waals surface area contributed by atoms with Crippen LogP contribution in [0.15, 0.2) is 88.5 Å². The normalized spacial score (nSPS) is 14.3. The molecule has 3 heterocycles. The third kappa shape index (κ3) is 3.13. The van der Waals surface area contributed by atoms with Crippen LogP contribution >= 0.6 is 0 Å². The van der Waals surface area contributed by atoms with Gasteiger partial charge in [-0.25, -0.2) is 0 Å². The van der Waals surface area contributed by atoms with Gasteiger partial charge in [0.25, 0.3) is 11.1 Å². The summed E-state index contributed by atoms with van der Waals surface area (Å²) in [5.74, 6) is 0.773. The van der Waals surface area contributed by atoms with Crippen LogP contribution in [0.1, 0.15) is 28.2 Å². The van der Waals surface area contributed by atoms with E-state index < -0.39 is 5.92 Å². The first kappa shape index (κ1) is 20.1. The van der Waals surface area contributed by atoms with Gasteiger partial charge in [0, 0.05) is 12.4 Å². The Hall–Kier alpha value is -4.52. The van der Waals surface area contributed by atoms with E-state index in [-0.39, 0.29) is 11.1 Å². The minimum absolute atomic E-state index is 0.137. The molecule has 7 heteroatoms. The third-order valence-corrected chi connectivity index (χ3v) is 6.44. The van der Waals surface area contributed by atoms with E-state index in [2.05, 4.69) is 15.5 Å². The first-order valence-corrected chi connectivity index (χ1v) is 11.1. The van der Waals surface area contributed by atoms with Crippen molar-refractivity contribution in [2.45, 2.75) is 12.5 Å². The summed E-state index contributed by atoms with van der Waals surface area (Å²) in [4.78, 5) is 26.3. The fourth-order valence-electron chi connectivity index (χ4n) is 4.76. The molecule has 3 N–H and O–H groups in total. The lowest BCUT2D eigenvalue weighted by Crippen LogP contribution is -2.30. The third-order valence-electron chi connectivity index (χ3n) is 6.44. The number of pyridine rings is 1. The monoisotopic (exact) mass is 450 g/mol.